The van der Waals surface area contributed by atoms with Crippen LogP contribution in [0.4, 0.5) is 0 Å². The molecule has 3 nitrogen and oxygen atoms in total. The molecule has 0 aromatic rings. The van der Waals surface area contributed by atoms with E-state index < -0.39 is 0 Å². The first-order chi connectivity index (χ1) is 9.61. The molecule has 0 bridgehead atoms. The van der Waals surface area contributed by atoms with E-state index in [-0.39, 0.29) is 0 Å². The minimum Gasteiger partial charge on any atom is -0.403 e. The van der Waals surface area contributed by atoms with Gasteiger partial charge in [-0.1, -0.05) is 26.3 Å². The van der Waals surface area contributed by atoms with E-state index in [1.165, 1.54) is 32.4 Å². The summed E-state index contributed by atoms with van der Waals surface area (Å²) in [5.41, 5.74) is 6.27. The second kappa shape index (κ2) is 9.98. The molecule has 1 aliphatic rings. The number of allylic oxidation sites excluding steroid dienone is 1. The van der Waals surface area contributed by atoms with Crippen molar-refractivity contribution in [3.8, 4) is 0 Å². The van der Waals surface area contributed by atoms with Gasteiger partial charge in [0.2, 0.25) is 0 Å². The van der Waals surface area contributed by atoms with E-state index in [4.69, 9.17) is 5.73 Å². The Hall–Kier alpha value is -0.830. The molecule has 0 aromatic heterocycles. The number of hydrogen-bond donors (Lipinski definition) is 1. The zero-order chi connectivity index (χ0) is 14.8. The van der Waals surface area contributed by atoms with Gasteiger partial charge in [-0.3, -0.25) is 4.79 Å². The predicted molar refractivity (Wildman–Crippen MR) is 85.5 cm³/mol. The Bertz CT molecular complexity index is 293. The first kappa shape index (κ1) is 17.2. The minimum absolute atomic E-state index is 0.425. The first-order valence-electron chi connectivity index (χ1n) is 8.29. The van der Waals surface area contributed by atoms with Gasteiger partial charge in [0.05, 0.1) is 0 Å². The molecule has 3 heteroatoms. The smallest absolute Gasteiger partial charge is 0.134 e. The molecular weight excluding hydrogens is 248 g/mol. The van der Waals surface area contributed by atoms with Crippen molar-refractivity contribution < 1.29 is 4.79 Å². The van der Waals surface area contributed by atoms with Gasteiger partial charge < -0.3 is 10.6 Å². The van der Waals surface area contributed by atoms with Crippen LogP contribution in [0.25, 0.3) is 0 Å². The highest BCUT2D eigenvalue weighted by molar-refractivity contribution is 5.78. The minimum atomic E-state index is 0.425. The molecular formula is C17H32N2O. The van der Waals surface area contributed by atoms with Crippen molar-refractivity contribution in [1.82, 2.24) is 4.90 Å². The van der Waals surface area contributed by atoms with E-state index in [0.29, 0.717) is 5.78 Å². The Labute approximate surface area is 124 Å². The number of ketones is 1. The highest BCUT2D eigenvalue weighted by Gasteiger charge is 2.17. The summed E-state index contributed by atoms with van der Waals surface area (Å²) in [4.78, 5) is 14.3. The van der Waals surface area contributed by atoms with Gasteiger partial charge in [-0.2, -0.15) is 0 Å². The van der Waals surface area contributed by atoms with Crippen molar-refractivity contribution in [3.63, 3.8) is 0 Å². The predicted octanol–water partition coefficient (Wildman–Crippen LogP) is 3.49. The zero-order valence-electron chi connectivity index (χ0n) is 13.2. The summed E-state index contributed by atoms with van der Waals surface area (Å²) in [6.45, 7) is 9.30. The molecule has 2 N–H and O–H groups in total. The zero-order valence-corrected chi connectivity index (χ0v) is 13.2. The third kappa shape index (κ3) is 7.68. The summed E-state index contributed by atoms with van der Waals surface area (Å²) in [6, 6.07) is 0. The van der Waals surface area contributed by atoms with Crippen molar-refractivity contribution >= 4 is 5.78 Å². The third-order valence-electron chi connectivity index (χ3n) is 4.44. The van der Waals surface area contributed by atoms with Crippen molar-refractivity contribution in [2.45, 2.75) is 64.7 Å². The normalized spacial score (nSPS) is 17.2. The van der Waals surface area contributed by atoms with Gasteiger partial charge >= 0.3 is 0 Å². The van der Waals surface area contributed by atoms with Crippen molar-refractivity contribution in [3.05, 3.63) is 12.3 Å². The first-order valence-corrected chi connectivity index (χ1v) is 8.29. The van der Waals surface area contributed by atoms with Crippen molar-refractivity contribution in [1.29, 1.82) is 0 Å². The van der Waals surface area contributed by atoms with E-state index in [9.17, 15) is 4.79 Å². The lowest BCUT2D eigenvalue weighted by molar-refractivity contribution is -0.119. The standard InChI is InChI=1S/C17H32N2O/c1-3-16-9-12-19(13-10-16)14-11-17(20)8-6-4-5-7-15(2)18/h16H,2-14,18H2,1H3. The Morgan fingerprint density at radius 2 is 1.80 bits per heavy atom. The van der Waals surface area contributed by atoms with Crippen molar-refractivity contribution in [2.24, 2.45) is 11.7 Å². The summed E-state index contributed by atoms with van der Waals surface area (Å²) in [5, 5.41) is 0. The SMILES string of the molecule is C=C(N)CCCCCC(=O)CCN1CCC(CC)CC1. The van der Waals surface area contributed by atoms with E-state index >= 15 is 0 Å². The van der Waals surface area contributed by atoms with Gasteiger partial charge in [0.15, 0.2) is 0 Å². The van der Waals surface area contributed by atoms with Crippen LogP contribution in [0, 0.1) is 5.92 Å². The van der Waals surface area contributed by atoms with Crippen molar-refractivity contribution in [2.75, 3.05) is 19.6 Å². The van der Waals surface area contributed by atoms with E-state index in [1.54, 1.807) is 0 Å². The monoisotopic (exact) mass is 280 g/mol. The maximum Gasteiger partial charge on any atom is 0.134 e. The molecule has 1 aliphatic heterocycles. The van der Waals surface area contributed by atoms with Gasteiger partial charge in [0.25, 0.3) is 0 Å². The highest BCUT2D eigenvalue weighted by Crippen LogP contribution is 2.20. The van der Waals surface area contributed by atoms with Crippen LogP contribution in [0.1, 0.15) is 64.7 Å². The number of carbonyl (C=O) groups is 1. The topological polar surface area (TPSA) is 46.3 Å². The molecule has 1 rings (SSSR count). The molecule has 0 atom stereocenters. The van der Waals surface area contributed by atoms with Crippen LogP contribution in [0.15, 0.2) is 12.3 Å². The number of unbranched alkanes of at least 4 members (excludes halogenated alkanes) is 2. The number of nitrogens with two attached hydrogens (primary N) is 1. The summed E-state index contributed by atoms with van der Waals surface area (Å²) < 4.78 is 0. The Kier molecular flexibility index (Phi) is 8.59. The molecule has 1 saturated heterocycles. The lowest BCUT2D eigenvalue weighted by Gasteiger charge is -2.31. The molecule has 0 aromatic carbocycles. The van der Waals surface area contributed by atoms with E-state index in [2.05, 4.69) is 18.4 Å². The van der Waals surface area contributed by atoms with Crippen LogP contribution in [0.2, 0.25) is 0 Å². The molecule has 1 fully saturated rings. The number of Topliss-reactive ketones (excluding diaryl/α,β-unsaturated/α-hetero) is 1. The maximum atomic E-state index is 11.8. The molecule has 20 heavy (non-hydrogen) atoms. The molecule has 0 saturated carbocycles. The molecule has 0 spiro atoms. The van der Waals surface area contributed by atoms with Crippen LogP contribution in [0.5, 0.6) is 0 Å². The van der Waals surface area contributed by atoms with Crippen LogP contribution < -0.4 is 5.73 Å². The second-order valence-electron chi connectivity index (χ2n) is 6.20. The fraction of sp³-hybridized carbons (Fsp3) is 0.824. The highest BCUT2D eigenvalue weighted by atomic mass is 16.1. The molecule has 0 radical (unpaired) electrons. The number of piperidine rings is 1. The molecule has 0 amide bonds. The Balaban J connectivity index is 1.99. The average Bonchev–Trinajstić information content (AvgIpc) is 2.45. The van der Waals surface area contributed by atoms with E-state index in [0.717, 1.165) is 56.7 Å². The van der Waals surface area contributed by atoms with E-state index in [1.807, 2.05) is 0 Å². The fourth-order valence-electron chi connectivity index (χ4n) is 2.88. The lowest BCUT2D eigenvalue weighted by atomic mass is 9.94. The van der Waals surface area contributed by atoms with Gasteiger partial charge in [-0.25, -0.2) is 0 Å². The molecule has 1 heterocycles. The fourth-order valence-corrected chi connectivity index (χ4v) is 2.88. The molecule has 116 valence electrons. The largest absolute Gasteiger partial charge is 0.403 e. The number of carbonyl (C=O) groups excluding carboxylic acids is 1. The van der Waals surface area contributed by atoms with Crippen LogP contribution in [-0.2, 0) is 4.79 Å². The lowest BCUT2D eigenvalue weighted by Crippen LogP contribution is -2.35. The average molecular weight is 280 g/mol. The molecule has 0 aliphatic carbocycles. The molecule has 0 unspecified atom stereocenters. The summed E-state index contributed by atoms with van der Waals surface area (Å²) in [5.74, 6) is 1.34. The summed E-state index contributed by atoms with van der Waals surface area (Å²) in [6.07, 6.45) is 9.45. The number of hydrogen-bond acceptors (Lipinski definition) is 3. The van der Waals surface area contributed by atoms with Crippen LogP contribution in [0.3, 0.4) is 0 Å². The summed E-state index contributed by atoms with van der Waals surface area (Å²) in [7, 11) is 0. The number of nitrogens with zero attached hydrogens (tertiary/aromatic N) is 1. The number of rotatable bonds is 10. The van der Waals surface area contributed by atoms with Gasteiger partial charge in [0, 0.05) is 25.1 Å². The quantitative estimate of drug-likeness (QED) is 0.623. The Morgan fingerprint density at radius 1 is 1.15 bits per heavy atom. The van der Waals surface area contributed by atoms with Gasteiger partial charge in [-0.05, 0) is 51.1 Å². The maximum absolute atomic E-state index is 11.8. The second-order valence-corrected chi connectivity index (χ2v) is 6.20. The van der Waals surface area contributed by atoms with Gasteiger partial charge in [0.1, 0.15) is 5.78 Å². The summed E-state index contributed by atoms with van der Waals surface area (Å²) >= 11 is 0. The Morgan fingerprint density at radius 3 is 2.40 bits per heavy atom. The van der Waals surface area contributed by atoms with Crippen LogP contribution >= 0.6 is 0 Å². The number of likely N-dealkylation sites (tertiary alicyclic amines) is 1. The van der Waals surface area contributed by atoms with Gasteiger partial charge in [-0.15, -0.1) is 0 Å². The van der Waals surface area contributed by atoms with Crippen LogP contribution in [-0.4, -0.2) is 30.3 Å². The third-order valence-corrected chi connectivity index (χ3v) is 4.44.